The number of nitrogens with zero attached hydrogens (tertiary/aromatic N) is 7. The molecule has 2 bridgehead atoms. The Hall–Kier alpha value is -5.04. The van der Waals surface area contributed by atoms with E-state index in [1.54, 1.807) is 36.2 Å². The van der Waals surface area contributed by atoms with Crippen molar-refractivity contribution in [2.45, 2.75) is 58.5 Å². The summed E-state index contributed by atoms with van der Waals surface area (Å²) in [4.78, 5) is 59.4. The fraction of sp³-hybridized carbons (Fsp3) is 0.371. The number of carbonyl (C=O) groups is 2. The van der Waals surface area contributed by atoms with Gasteiger partial charge < -0.3 is 20.4 Å². The fourth-order valence-corrected chi connectivity index (χ4v) is 6.70. The van der Waals surface area contributed by atoms with Gasteiger partial charge >= 0.3 is 5.69 Å². The third kappa shape index (κ3) is 5.61. The van der Waals surface area contributed by atoms with E-state index in [1.165, 1.54) is 27.7 Å². The second kappa shape index (κ2) is 12.9. The second-order valence-corrected chi connectivity index (χ2v) is 12.6. The van der Waals surface area contributed by atoms with Gasteiger partial charge in [-0.15, -0.1) is 0 Å². The number of pyridine rings is 2. The topological polar surface area (TPSA) is 131 Å². The number of nitrogens with two attached hydrogens (primary N) is 1. The molecule has 6 rings (SSSR count). The van der Waals surface area contributed by atoms with E-state index in [9.17, 15) is 14.4 Å². The highest BCUT2D eigenvalue weighted by atomic mass is 19.1. The standard InChI is InChI=1S/C35H38F2N8O3/c1-6-27(46)42-15-16-43(20(4)18-42)32-23-17-25(37)30-28-22(9-7-11-24(28)36)10-8-14-44(34(47)21(5)38)26-12-13-39-29(19(2)3)31(26)45(33(23)40-30)35(48)41-32/h6-7,9,11-13,17,19-21H,1,8,10,14-16,18,38H2,2-5H3/t20-,21?/m0/s1. The highest BCUT2D eigenvalue weighted by Crippen LogP contribution is 2.38. The Bertz CT molecular complexity index is 2010. The summed E-state index contributed by atoms with van der Waals surface area (Å²) in [6.45, 7) is 12.0. The largest absolute Gasteiger partial charge is 0.355 e. The number of fused-ring (bicyclic) bond motifs is 5. The average Bonchev–Trinajstić information content (AvgIpc) is 3.05. The molecule has 2 aliphatic rings. The average molecular weight is 657 g/mol. The van der Waals surface area contributed by atoms with Gasteiger partial charge in [-0.1, -0.05) is 32.6 Å². The highest BCUT2D eigenvalue weighted by Gasteiger charge is 2.33. The smallest absolute Gasteiger partial charge is 0.350 e. The number of rotatable bonds is 4. The monoisotopic (exact) mass is 656 g/mol. The molecular weight excluding hydrogens is 618 g/mol. The summed E-state index contributed by atoms with van der Waals surface area (Å²) >= 11 is 0. The van der Waals surface area contributed by atoms with E-state index < -0.39 is 23.4 Å². The molecular formula is C35H38F2N8O3. The van der Waals surface area contributed by atoms with Crippen LogP contribution in [0.15, 0.2) is 54.0 Å². The molecule has 1 saturated heterocycles. The lowest BCUT2D eigenvalue weighted by molar-refractivity contribution is -0.126. The fourth-order valence-electron chi connectivity index (χ4n) is 6.70. The van der Waals surface area contributed by atoms with Gasteiger partial charge in [0.25, 0.3) is 0 Å². The van der Waals surface area contributed by atoms with Crippen molar-refractivity contribution in [3.63, 3.8) is 0 Å². The molecule has 2 amide bonds. The summed E-state index contributed by atoms with van der Waals surface area (Å²) in [6, 6.07) is 6.21. The van der Waals surface area contributed by atoms with Crippen LogP contribution in [-0.4, -0.2) is 74.5 Å². The summed E-state index contributed by atoms with van der Waals surface area (Å²) in [5.74, 6) is -2.08. The first-order valence-electron chi connectivity index (χ1n) is 16.1. The van der Waals surface area contributed by atoms with Crippen LogP contribution in [0.2, 0.25) is 0 Å². The highest BCUT2D eigenvalue weighted by molar-refractivity contribution is 5.99. The van der Waals surface area contributed by atoms with E-state index in [1.807, 2.05) is 25.7 Å². The molecule has 2 atom stereocenters. The van der Waals surface area contributed by atoms with Crippen molar-refractivity contribution < 1.29 is 18.4 Å². The van der Waals surface area contributed by atoms with Gasteiger partial charge in [0.15, 0.2) is 5.65 Å². The van der Waals surface area contributed by atoms with E-state index in [2.05, 4.69) is 16.5 Å². The minimum Gasteiger partial charge on any atom is -0.350 e. The number of anilines is 2. The number of hydrogen-bond donors (Lipinski definition) is 1. The van der Waals surface area contributed by atoms with Gasteiger partial charge in [-0.25, -0.2) is 23.1 Å². The normalized spacial score (nSPS) is 17.1. The number of amides is 2. The van der Waals surface area contributed by atoms with Gasteiger partial charge in [0.2, 0.25) is 11.8 Å². The maximum atomic E-state index is 16.3. The first-order valence-corrected chi connectivity index (χ1v) is 16.1. The van der Waals surface area contributed by atoms with Crippen LogP contribution < -0.4 is 21.2 Å². The van der Waals surface area contributed by atoms with Gasteiger partial charge in [-0.05, 0) is 62.4 Å². The quantitative estimate of drug-likeness (QED) is 0.325. The molecule has 5 heterocycles. The van der Waals surface area contributed by atoms with Crippen LogP contribution in [0.3, 0.4) is 0 Å². The molecule has 48 heavy (non-hydrogen) atoms. The molecule has 0 radical (unpaired) electrons. The van der Waals surface area contributed by atoms with Crippen molar-refractivity contribution in [1.82, 2.24) is 24.4 Å². The number of benzene rings is 1. The molecule has 2 aliphatic heterocycles. The van der Waals surface area contributed by atoms with Crippen molar-refractivity contribution >= 4 is 34.4 Å². The molecule has 0 aliphatic carbocycles. The van der Waals surface area contributed by atoms with Crippen LogP contribution in [0.5, 0.6) is 0 Å². The van der Waals surface area contributed by atoms with Crippen LogP contribution >= 0.6 is 0 Å². The number of halogens is 2. The van der Waals surface area contributed by atoms with Crippen molar-refractivity contribution in [2.24, 2.45) is 5.73 Å². The first-order chi connectivity index (χ1) is 22.9. The third-order valence-corrected chi connectivity index (χ3v) is 9.00. The van der Waals surface area contributed by atoms with Gasteiger partial charge in [-0.2, -0.15) is 4.98 Å². The lowest BCUT2D eigenvalue weighted by Crippen LogP contribution is -2.54. The van der Waals surface area contributed by atoms with Crippen molar-refractivity contribution in [1.29, 1.82) is 0 Å². The molecule has 0 saturated carbocycles. The van der Waals surface area contributed by atoms with E-state index in [-0.39, 0.29) is 64.1 Å². The molecule has 4 aromatic rings. The summed E-state index contributed by atoms with van der Waals surface area (Å²) < 4.78 is 33.3. The molecule has 1 aromatic carbocycles. The van der Waals surface area contributed by atoms with E-state index >= 15 is 8.78 Å². The molecule has 1 unspecified atom stereocenters. The Morgan fingerprint density at radius 2 is 1.85 bits per heavy atom. The second-order valence-electron chi connectivity index (χ2n) is 12.6. The predicted octanol–water partition coefficient (Wildman–Crippen LogP) is 4.09. The Labute approximate surface area is 276 Å². The molecule has 250 valence electrons. The van der Waals surface area contributed by atoms with Crippen LogP contribution in [0, 0.1) is 11.6 Å². The van der Waals surface area contributed by atoms with Gasteiger partial charge in [0, 0.05) is 44.0 Å². The number of hydrogen-bond acceptors (Lipinski definition) is 8. The van der Waals surface area contributed by atoms with Crippen molar-refractivity contribution in [3.8, 4) is 16.9 Å². The van der Waals surface area contributed by atoms with E-state index in [4.69, 9.17) is 10.7 Å². The number of piperazine rings is 1. The molecule has 0 spiro atoms. The first kappa shape index (κ1) is 32.9. The van der Waals surface area contributed by atoms with Crippen LogP contribution in [0.4, 0.5) is 20.3 Å². The Morgan fingerprint density at radius 1 is 1.08 bits per heavy atom. The summed E-state index contributed by atoms with van der Waals surface area (Å²) in [6.07, 6.45) is 3.52. The zero-order chi connectivity index (χ0) is 34.4. The van der Waals surface area contributed by atoms with Gasteiger partial charge in [0.1, 0.15) is 23.1 Å². The summed E-state index contributed by atoms with van der Waals surface area (Å²) in [7, 11) is 0. The molecule has 2 N–H and O–H groups in total. The maximum Gasteiger partial charge on any atom is 0.355 e. The molecule has 3 aromatic heterocycles. The number of aryl methyl sites for hydroxylation is 1. The van der Waals surface area contributed by atoms with Crippen molar-refractivity contribution in [3.05, 3.63) is 82.6 Å². The third-order valence-electron chi connectivity index (χ3n) is 9.00. The Kier molecular flexibility index (Phi) is 8.82. The molecule has 1 fully saturated rings. The molecule has 13 heteroatoms. The SMILES string of the molecule is C=CC(=O)N1CCN(c2nc(=O)n3c4nc(c(F)cc24)-c2c(F)cccc2CCCN(C(=O)C(C)N)c2ccnc(C(C)C)c2-3)[C@@H](C)C1. The van der Waals surface area contributed by atoms with Gasteiger partial charge in [-0.3, -0.25) is 14.6 Å². The van der Waals surface area contributed by atoms with Crippen LogP contribution in [0.25, 0.3) is 28.0 Å². The lowest BCUT2D eigenvalue weighted by atomic mass is 9.97. The van der Waals surface area contributed by atoms with E-state index in [0.717, 1.165) is 0 Å². The zero-order valence-corrected chi connectivity index (χ0v) is 27.4. The summed E-state index contributed by atoms with van der Waals surface area (Å²) in [5.41, 5.74) is 6.80. The Morgan fingerprint density at radius 3 is 2.54 bits per heavy atom. The van der Waals surface area contributed by atoms with Crippen molar-refractivity contribution in [2.75, 3.05) is 36.0 Å². The summed E-state index contributed by atoms with van der Waals surface area (Å²) in [5, 5.41) is 0.204. The lowest BCUT2D eigenvalue weighted by Gasteiger charge is -2.40. The van der Waals surface area contributed by atoms with Gasteiger partial charge in [0.05, 0.1) is 28.5 Å². The minimum atomic E-state index is -0.868. The predicted molar refractivity (Wildman–Crippen MR) is 180 cm³/mol. The number of aromatic nitrogens is 4. The van der Waals surface area contributed by atoms with Crippen LogP contribution in [0.1, 0.15) is 51.3 Å². The zero-order valence-electron chi connectivity index (χ0n) is 27.4. The minimum absolute atomic E-state index is 0.0136. The van der Waals surface area contributed by atoms with Crippen LogP contribution in [-0.2, 0) is 16.0 Å². The number of carbonyl (C=O) groups excluding carboxylic acids is 2. The maximum absolute atomic E-state index is 16.3. The molecule has 11 nitrogen and oxygen atoms in total. The Balaban J connectivity index is 1.73. The van der Waals surface area contributed by atoms with E-state index in [0.29, 0.717) is 49.4 Å².